The summed E-state index contributed by atoms with van der Waals surface area (Å²) in [5.41, 5.74) is 5.73. The molecule has 21 heavy (non-hydrogen) atoms. The minimum atomic E-state index is -0.226. The van der Waals surface area contributed by atoms with Crippen molar-refractivity contribution in [1.29, 1.82) is 0 Å². The molecule has 1 saturated heterocycles. The van der Waals surface area contributed by atoms with E-state index >= 15 is 0 Å². The van der Waals surface area contributed by atoms with Crippen molar-refractivity contribution in [2.45, 2.75) is 31.8 Å². The predicted molar refractivity (Wildman–Crippen MR) is 77.7 cm³/mol. The van der Waals surface area contributed by atoms with E-state index in [-0.39, 0.29) is 18.6 Å². The quantitative estimate of drug-likeness (QED) is 0.584. The molecule has 0 saturated carbocycles. The fourth-order valence-electron chi connectivity index (χ4n) is 2.61. The first-order valence-corrected chi connectivity index (χ1v) is 7.48. The summed E-state index contributed by atoms with van der Waals surface area (Å²) in [6.45, 7) is 3.45. The van der Waals surface area contributed by atoms with Crippen LogP contribution in [-0.4, -0.2) is 69.7 Å². The summed E-state index contributed by atoms with van der Waals surface area (Å²) < 4.78 is 1.56. The first-order chi connectivity index (χ1) is 10.2. The van der Waals surface area contributed by atoms with Crippen molar-refractivity contribution in [3.8, 4) is 0 Å². The molecule has 0 unspecified atom stereocenters. The van der Waals surface area contributed by atoms with Crippen LogP contribution in [0.1, 0.15) is 29.8 Å². The molecule has 2 heterocycles. The van der Waals surface area contributed by atoms with Gasteiger partial charge < -0.3 is 16.2 Å². The predicted octanol–water partition coefficient (Wildman–Crippen LogP) is -1.19. The van der Waals surface area contributed by atoms with Gasteiger partial charge in [0.2, 0.25) is 0 Å². The Morgan fingerprint density at radius 3 is 3.10 bits per heavy atom. The highest BCUT2D eigenvalue weighted by Gasteiger charge is 2.21. The van der Waals surface area contributed by atoms with Gasteiger partial charge in [0.05, 0.1) is 19.3 Å². The number of nitrogens with zero attached hydrogens (tertiary/aromatic N) is 4. The van der Waals surface area contributed by atoms with E-state index in [1.165, 1.54) is 6.42 Å². The second kappa shape index (κ2) is 8.06. The summed E-state index contributed by atoms with van der Waals surface area (Å²) in [7, 11) is 0. The molecule has 1 amide bonds. The summed E-state index contributed by atoms with van der Waals surface area (Å²) >= 11 is 0. The fourth-order valence-corrected chi connectivity index (χ4v) is 2.61. The standard InChI is InChI=1S/C13H24N6O2/c14-4-7-19-9-12(16-17-19)13(21)15-5-8-18-6-2-1-3-11(18)10-20/h9,11,20H,1-8,10,14H2,(H,15,21)/t11-/m1/s1. The number of hydrogen-bond donors (Lipinski definition) is 3. The van der Waals surface area contributed by atoms with Crippen LogP contribution in [0.4, 0.5) is 0 Å². The van der Waals surface area contributed by atoms with Crippen molar-refractivity contribution in [3.63, 3.8) is 0 Å². The lowest BCUT2D eigenvalue weighted by atomic mass is 10.0. The van der Waals surface area contributed by atoms with Gasteiger partial charge in [0.25, 0.3) is 5.91 Å². The molecule has 1 aromatic heterocycles. The zero-order valence-corrected chi connectivity index (χ0v) is 12.2. The average Bonchev–Trinajstić information content (AvgIpc) is 2.97. The first-order valence-electron chi connectivity index (χ1n) is 7.48. The Morgan fingerprint density at radius 2 is 2.33 bits per heavy atom. The van der Waals surface area contributed by atoms with Crippen LogP contribution in [0.15, 0.2) is 6.20 Å². The van der Waals surface area contributed by atoms with Crippen LogP contribution in [-0.2, 0) is 6.54 Å². The first kappa shape index (κ1) is 15.9. The van der Waals surface area contributed by atoms with Gasteiger partial charge in [-0.25, -0.2) is 0 Å². The number of nitrogens with two attached hydrogens (primary N) is 1. The minimum Gasteiger partial charge on any atom is -0.395 e. The molecule has 2 rings (SSSR count). The normalized spacial score (nSPS) is 19.6. The Labute approximate surface area is 124 Å². The Hall–Kier alpha value is -1.51. The average molecular weight is 296 g/mol. The monoisotopic (exact) mass is 296 g/mol. The van der Waals surface area contributed by atoms with Crippen LogP contribution in [0.2, 0.25) is 0 Å². The van der Waals surface area contributed by atoms with Gasteiger partial charge in [-0.05, 0) is 19.4 Å². The lowest BCUT2D eigenvalue weighted by Gasteiger charge is -2.34. The Morgan fingerprint density at radius 1 is 1.48 bits per heavy atom. The topological polar surface area (TPSA) is 109 Å². The molecule has 1 atom stereocenters. The summed E-state index contributed by atoms with van der Waals surface area (Å²) in [5, 5.41) is 19.8. The van der Waals surface area contributed by atoms with Crippen LogP contribution in [0, 0.1) is 0 Å². The number of carbonyl (C=O) groups is 1. The van der Waals surface area contributed by atoms with E-state index in [2.05, 4.69) is 20.5 Å². The van der Waals surface area contributed by atoms with Gasteiger partial charge >= 0.3 is 0 Å². The van der Waals surface area contributed by atoms with E-state index in [1.807, 2.05) is 0 Å². The SMILES string of the molecule is NCCn1cc(C(=O)NCCN2CCCC[C@@H]2CO)nn1. The van der Waals surface area contributed by atoms with Gasteiger partial charge in [-0.15, -0.1) is 5.10 Å². The van der Waals surface area contributed by atoms with Crippen LogP contribution < -0.4 is 11.1 Å². The summed E-state index contributed by atoms with van der Waals surface area (Å²) in [6.07, 6.45) is 4.94. The van der Waals surface area contributed by atoms with Crippen LogP contribution >= 0.6 is 0 Å². The Bertz CT molecular complexity index is 450. The van der Waals surface area contributed by atoms with E-state index in [0.717, 1.165) is 25.9 Å². The highest BCUT2D eigenvalue weighted by Crippen LogP contribution is 2.15. The molecule has 8 nitrogen and oxygen atoms in total. The van der Waals surface area contributed by atoms with Crippen molar-refractivity contribution in [3.05, 3.63) is 11.9 Å². The molecular weight excluding hydrogens is 272 g/mol. The smallest absolute Gasteiger partial charge is 0.273 e. The summed E-state index contributed by atoms with van der Waals surface area (Å²) in [4.78, 5) is 14.2. The number of carbonyl (C=O) groups excluding carboxylic acids is 1. The van der Waals surface area contributed by atoms with E-state index in [1.54, 1.807) is 10.9 Å². The molecule has 4 N–H and O–H groups in total. The Kier molecular flexibility index (Phi) is 6.09. The minimum absolute atomic E-state index is 0.182. The number of aliphatic hydroxyl groups excluding tert-OH is 1. The second-order valence-corrected chi connectivity index (χ2v) is 5.28. The molecule has 0 radical (unpaired) electrons. The van der Waals surface area contributed by atoms with E-state index in [0.29, 0.717) is 25.3 Å². The third kappa shape index (κ3) is 4.48. The van der Waals surface area contributed by atoms with Crippen LogP contribution in [0.3, 0.4) is 0 Å². The second-order valence-electron chi connectivity index (χ2n) is 5.28. The van der Waals surface area contributed by atoms with Crippen molar-refractivity contribution < 1.29 is 9.90 Å². The van der Waals surface area contributed by atoms with Crippen molar-refractivity contribution in [1.82, 2.24) is 25.2 Å². The largest absolute Gasteiger partial charge is 0.395 e. The molecule has 0 aliphatic carbocycles. The summed E-state index contributed by atoms with van der Waals surface area (Å²) in [6, 6.07) is 0.223. The maximum Gasteiger partial charge on any atom is 0.273 e. The van der Waals surface area contributed by atoms with Gasteiger partial charge in [-0.2, -0.15) is 0 Å². The molecule has 118 valence electrons. The fraction of sp³-hybridized carbons (Fsp3) is 0.769. The molecule has 0 aromatic carbocycles. The molecule has 1 aliphatic rings. The van der Waals surface area contributed by atoms with E-state index < -0.39 is 0 Å². The van der Waals surface area contributed by atoms with Gasteiger partial charge in [0, 0.05) is 25.7 Å². The van der Waals surface area contributed by atoms with Crippen LogP contribution in [0.25, 0.3) is 0 Å². The lowest BCUT2D eigenvalue weighted by molar-refractivity contribution is 0.0847. The van der Waals surface area contributed by atoms with Crippen LogP contribution in [0.5, 0.6) is 0 Å². The number of hydrogen-bond acceptors (Lipinski definition) is 6. The van der Waals surface area contributed by atoms with Gasteiger partial charge in [-0.3, -0.25) is 14.4 Å². The van der Waals surface area contributed by atoms with Crippen molar-refractivity contribution >= 4 is 5.91 Å². The number of piperidine rings is 1. The maximum absolute atomic E-state index is 11.9. The number of nitrogens with one attached hydrogen (secondary N) is 1. The van der Waals surface area contributed by atoms with Crippen molar-refractivity contribution in [2.24, 2.45) is 5.73 Å². The number of aromatic nitrogens is 3. The highest BCUT2D eigenvalue weighted by atomic mass is 16.3. The number of rotatable bonds is 7. The molecule has 0 bridgehead atoms. The number of aliphatic hydroxyl groups is 1. The van der Waals surface area contributed by atoms with E-state index in [9.17, 15) is 9.90 Å². The van der Waals surface area contributed by atoms with Gasteiger partial charge in [-0.1, -0.05) is 11.6 Å². The maximum atomic E-state index is 11.9. The third-order valence-electron chi connectivity index (χ3n) is 3.77. The molecular formula is C13H24N6O2. The van der Waals surface area contributed by atoms with Gasteiger partial charge in [0.1, 0.15) is 0 Å². The van der Waals surface area contributed by atoms with E-state index in [4.69, 9.17) is 5.73 Å². The molecule has 0 spiro atoms. The zero-order chi connectivity index (χ0) is 15.1. The van der Waals surface area contributed by atoms with Crippen molar-refractivity contribution in [2.75, 3.05) is 32.8 Å². The molecule has 1 fully saturated rings. The van der Waals surface area contributed by atoms with Gasteiger partial charge in [0.15, 0.2) is 5.69 Å². The Balaban J connectivity index is 1.75. The number of amides is 1. The third-order valence-corrected chi connectivity index (χ3v) is 3.77. The molecule has 1 aliphatic heterocycles. The molecule has 8 heteroatoms. The lowest BCUT2D eigenvalue weighted by Crippen LogP contribution is -2.45. The highest BCUT2D eigenvalue weighted by molar-refractivity contribution is 5.91. The number of likely N-dealkylation sites (tertiary alicyclic amines) is 1. The molecule has 1 aromatic rings. The summed E-state index contributed by atoms with van der Waals surface area (Å²) in [5.74, 6) is -0.226. The zero-order valence-electron chi connectivity index (χ0n) is 12.2.